The lowest BCUT2D eigenvalue weighted by Gasteiger charge is -2.27. The largest absolute Gasteiger partial charge is 0.271 e. The van der Waals surface area contributed by atoms with Crippen LogP contribution in [0.1, 0.15) is 12.8 Å². The van der Waals surface area contributed by atoms with Crippen LogP contribution in [-0.4, -0.2) is 11.8 Å². The average Bonchev–Trinajstić information content (AvgIpc) is 3.31. The van der Waals surface area contributed by atoms with Gasteiger partial charge in [-0.05, 0) is 37.1 Å². The highest BCUT2D eigenvalue weighted by molar-refractivity contribution is 6.27. The van der Waals surface area contributed by atoms with E-state index in [1.54, 1.807) is 0 Å². The molecule has 1 saturated carbocycles. The zero-order valence-electron chi connectivity index (χ0n) is 11.4. The Balaban J connectivity index is 1.86. The van der Waals surface area contributed by atoms with Crippen LogP contribution < -0.4 is 10.0 Å². The van der Waals surface area contributed by atoms with E-state index in [0.717, 1.165) is 11.4 Å². The van der Waals surface area contributed by atoms with Crippen LogP contribution in [0.2, 0.25) is 0 Å². The van der Waals surface area contributed by atoms with Crippen LogP contribution in [-0.2, 0) is 9.59 Å². The van der Waals surface area contributed by atoms with Crippen molar-refractivity contribution >= 4 is 23.2 Å². The molecule has 104 valence electrons. The number of rotatable bonds is 2. The van der Waals surface area contributed by atoms with Crippen molar-refractivity contribution in [3.63, 3.8) is 0 Å². The molecule has 4 nitrogen and oxygen atoms in total. The number of anilines is 2. The lowest BCUT2D eigenvalue weighted by atomic mass is 10.1. The van der Waals surface area contributed by atoms with E-state index >= 15 is 0 Å². The number of hydrogen-bond acceptors (Lipinski definition) is 2. The second-order valence-electron chi connectivity index (χ2n) is 5.49. The third-order valence-corrected chi connectivity index (χ3v) is 4.16. The van der Waals surface area contributed by atoms with Crippen molar-refractivity contribution < 1.29 is 9.59 Å². The van der Waals surface area contributed by atoms with Gasteiger partial charge in [-0.2, -0.15) is 0 Å². The van der Waals surface area contributed by atoms with E-state index in [1.165, 1.54) is 10.0 Å². The SMILES string of the molecule is O=C1N(c2ccccc2)N(c2ccccc2)C(=O)C12CC2. The maximum atomic E-state index is 12.7. The minimum Gasteiger partial charge on any atom is -0.271 e. The number of hydrogen-bond donors (Lipinski definition) is 0. The highest BCUT2D eigenvalue weighted by atomic mass is 16.2. The van der Waals surface area contributed by atoms with Crippen molar-refractivity contribution in [3.05, 3.63) is 60.7 Å². The average molecular weight is 278 g/mol. The molecule has 0 aromatic heterocycles. The van der Waals surface area contributed by atoms with Gasteiger partial charge in [0.25, 0.3) is 11.8 Å². The molecule has 2 fully saturated rings. The van der Waals surface area contributed by atoms with Crippen molar-refractivity contribution in [1.29, 1.82) is 0 Å². The predicted octanol–water partition coefficient (Wildman–Crippen LogP) is 2.76. The molecular formula is C17H14N2O2. The standard InChI is InChI=1S/C17H14N2O2/c20-15-17(11-12-17)16(21)19(14-9-5-2-6-10-14)18(15)13-7-3-1-4-8-13/h1-10H,11-12H2. The number of amides is 2. The second kappa shape index (κ2) is 4.19. The van der Waals surface area contributed by atoms with E-state index in [0.29, 0.717) is 12.8 Å². The number of nitrogens with zero attached hydrogens (tertiary/aromatic N) is 2. The van der Waals surface area contributed by atoms with E-state index in [2.05, 4.69) is 0 Å². The summed E-state index contributed by atoms with van der Waals surface area (Å²) in [7, 11) is 0. The Morgan fingerprint density at radius 3 is 1.38 bits per heavy atom. The number of carbonyl (C=O) groups excluding carboxylic acids is 2. The molecular weight excluding hydrogens is 264 g/mol. The maximum Gasteiger partial charge on any atom is 0.261 e. The van der Waals surface area contributed by atoms with Gasteiger partial charge in [-0.3, -0.25) is 9.59 Å². The third kappa shape index (κ3) is 1.62. The van der Waals surface area contributed by atoms with Gasteiger partial charge in [-0.1, -0.05) is 36.4 Å². The molecule has 2 aromatic rings. The highest BCUT2D eigenvalue weighted by Gasteiger charge is 2.66. The summed E-state index contributed by atoms with van der Waals surface area (Å²) in [5.74, 6) is -0.217. The molecule has 1 heterocycles. The Morgan fingerprint density at radius 2 is 1.05 bits per heavy atom. The fourth-order valence-corrected chi connectivity index (χ4v) is 2.84. The fourth-order valence-electron chi connectivity index (χ4n) is 2.84. The van der Waals surface area contributed by atoms with E-state index in [-0.39, 0.29) is 11.8 Å². The smallest absolute Gasteiger partial charge is 0.261 e. The van der Waals surface area contributed by atoms with Gasteiger partial charge in [-0.15, -0.1) is 0 Å². The lowest BCUT2D eigenvalue weighted by molar-refractivity contribution is -0.128. The molecule has 2 aliphatic rings. The van der Waals surface area contributed by atoms with Gasteiger partial charge in [0, 0.05) is 0 Å². The molecule has 0 unspecified atom stereocenters. The van der Waals surface area contributed by atoms with Crippen molar-refractivity contribution in [2.75, 3.05) is 10.0 Å². The van der Waals surface area contributed by atoms with Crippen LogP contribution in [0, 0.1) is 5.41 Å². The van der Waals surface area contributed by atoms with Crippen LogP contribution in [0.3, 0.4) is 0 Å². The molecule has 0 bridgehead atoms. The van der Waals surface area contributed by atoms with Gasteiger partial charge >= 0.3 is 0 Å². The number of benzene rings is 2. The van der Waals surface area contributed by atoms with Gasteiger partial charge in [0.1, 0.15) is 5.41 Å². The molecule has 1 saturated heterocycles. The summed E-state index contributed by atoms with van der Waals surface area (Å²) >= 11 is 0. The van der Waals surface area contributed by atoms with Crippen LogP contribution in [0.5, 0.6) is 0 Å². The second-order valence-corrected chi connectivity index (χ2v) is 5.49. The van der Waals surface area contributed by atoms with Crippen LogP contribution in [0.4, 0.5) is 11.4 Å². The molecule has 0 atom stereocenters. The molecule has 21 heavy (non-hydrogen) atoms. The summed E-state index contributed by atoms with van der Waals surface area (Å²) in [4.78, 5) is 25.5. The monoisotopic (exact) mass is 278 g/mol. The molecule has 0 N–H and O–H groups in total. The normalized spacial score (nSPS) is 19.4. The summed E-state index contributed by atoms with van der Waals surface area (Å²) in [6.07, 6.45) is 1.30. The maximum absolute atomic E-state index is 12.7. The summed E-state index contributed by atoms with van der Waals surface area (Å²) in [6.45, 7) is 0. The van der Waals surface area contributed by atoms with Gasteiger partial charge < -0.3 is 0 Å². The Labute approximate surface area is 122 Å². The molecule has 4 rings (SSSR count). The first kappa shape index (κ1) is 12.1. The summed E-state index contributed by atoms with van der Waals surface area (Å²) in [5.41, 5.74) is 0.637. The molecule has 1 spiro atoms. The highest BCUT2D eigenvalue weighted by Crippen LogP contribution is 2.54. The van der Waals surface area contributed by atoms with E-state index in [4.69, 9.17) is 0 Å². The molecule has 0 radical (unpaired) electrons. The summed E-state index contributed by atoms with van der Waals surface area (Å²) in [6, 6.07) is 18.7. The van der Waals surface area contributed by atoms with Crippen LogP contribution >= 0.6 is 0 Å². The topological polar surface area (TPSA) is 40.6 Å². The Morgan fingerprint density at radius 1 is 0.667 bits per heavy atom. The van der Waals surface area contributed by atoms with Gasteiger partial charge in [0.15, 0.2) is 0 Å². The number of para-hydroxylation sites is 2. The lowest BCUT2D eigenvalue weighted by Crippen LogP contribution is -2.41. The fraction of sp³-hybridized carbons (Fsp3) is 0.176. The zero-order valence-corrected chi connectivity index (χ0v) is 11.4. The summed E-state index contributed by atoms with van der Waals surface area (Å²) in [5, 5.41) is 3.04. The molecule has 1 aliphatic heterocycles. The van der Waals surface area contributed by atoms with Crippen molar-refractivity contribution in [2.24, 2.45) is 5.41 Å². The minimum absolute atomic E-state index is 0.109. The zero-order chi connectivity index (χ0) is 14.4. The number of carbonyl (C=O) groups is 2. The van der Waals surface area contributed by atoms with Crippen LogP contribution in [0.25, 0.3) is 0 Å². The molecule has 2 amide bonds. The van der Waals surface area contributed by atoms with Crippen molar-refractivity contribution in [1.82, 2.24) is 0 Å². The Hall–Kier alpha value is -2.62. The quantitative estimate of drug-likeness (QED) is 0.793. The Bertz CT molecular complexity index is 649. The van der Waals surface area contributed by atoms with Crippen molar-refractivity contribution in [3.8, 4) is 0 Å². The predicted molar refractivity (Wildman–Crippen MR) is 79.5 cm³/mol. The summed E-state index contributed by atoms with van der Waals surface area (Å²) < 4.78 is 0. The number of hydrazine groups is 1. The third-order valence-electron chi connectivity index (χ3n) is 4.16. The molecule has 1 aliphatic carbocycles. The van der Waals surface area contributed by atoms with Crippen molar-refractivity contribution in [2.45, 2.75) is 12.8 Å². The van der Waals surface area contributed by atoms with E-state index in [1.807, 2.05) is 60.7 Å². The molecule has 2 aromatic carbocycles. The van der Waals surface area contributed by atoms with Crippen LogP contribution in [0.15, 0.2) is 60.7 Å². The first-order valence-electron chi connectivity index (χ1n) is 7.03. The van der Waals surface area contributed by atoms with E-state index in [9.17, 15) is 9.59 Å². The molecule has 4 heteroatoms. The van der Waals surface area contributed by atoms with Gasteiger partial charge in [0.2, 0.25) is 0 Å². The first-order chi connectivity index (χ1) is 10.2. The first-order valence-corrected chi connectivity index (χ1v) is 7.03. The minimum atomic E-state index is -0.814. The Kier molecular flexibility index (Phi) is 2.42. The van der Waals surface area contributed by atoms with Gasteiger partial charge in [0.05, 0.1) is 11.4 Å². The van der Waals surface area contributed by atoms with Gasteiger partial charge in [-0.25, -0.2) is 10.0 Å². The van der Waals surface area contributed by atoms with E-state index < -0.39 is 5.41 Å².